The van der Waals surface area contributed by atoms with Crippen LogP contribution in [-0.4, -0.2) is 39.8 Å². The zero-order valence-electron chi connectivity index (χ0n) is 11.8. The van der Waals surface area contributed by atoms with Gasteiger partial charge in [0.25, 0.3) is 0 Å². The number of ether oxygens (including phenoxy) is 1. The Balaban J connectivity index is 1.68. The van der Waals surface area contributed by atoms with Crippen molar-refractivity contribution in [2.24, 2.45) is 0 Å². The summed E-state index contributed by atoms with van der Waals surface area (Å²) in [5.74, 6) is 0. The van der Waals surface area contributed by atoms with E-state index in [4.69, 9.17) is 0 Å². The number of carbonyl (C=O) groups is 1. The molecule has 1 heterocycles. The Hall–Kier alpha value is -1.77. The third-order valence-electron chi connectivity index (χ3n) is 3.31. The molecule has 21 heavy (non-hydrogen) atoms. The number of aromatic nitrogens is 3. The molecule has 0 saturated heterocycles. The molecule has 0 radical (unpaired) electrons. The van der Waals surface area contributed by atoms with Crippen LogP contribution in [0.3, 0.4) is 0 Å². The highest BCUT2D eigenvalue weighted by atomic mass is 19.3. The van der Waals surface area contributed by atoms with Gasteiger partial charge in [0.1, 0.15) is 5.69 Å². The van der Waals surface area contributed by atoms with E-state index in [1.165, 1.54) is 4.80 Å². The standard InChI is InChI=1S/C12H19F2N5O2/c1-2-19-16-7-9(18-19)6-15-12(20)17-8-3-4-10(5-8)21-11(13)14/h7-8,10-11H,2-6H2,1H3,(H2,15,17,20). The van der Waals surface area contributed by atoms with Gasteiger partial charge in [0, 0.05) is 6.04 Å². The third-order valence-corrected chi connectivity index (χ3v) is 3.31. The summed E-state index contributed by atoms with van der Waals surface area (Å²) in [6.45, 7) is 0.0979. The lowest BCUT2D eigenvalue weighted by Gasteiger charge is -2.14. The maximum Gasteiger partial charge on any atom is 0.345 e. The van der Waals surface area contributed by atoms with Crippen molar-refractivity contribution in [1.82, 2.24) is 25.6 Å². The van der Waals surface area contributed by atoms with Gasteiger partial charge < -0.3 is 15.4 Å². The zero-order valence-corrected chi connectivity index (χ0v) is 11.8. The first-order valence-corrected chi connectivity index (χ1v) is 6.93. The van der Waals surface area contributed by atoms with Crippen molar-refractivity contribution < 1.29 is 18.3 Å². The van der Waals surface area contributed by atoms with Crippen LogP contribution in [0.15, 0.2) is 6.20 Å². The number of hydrogen-bond donors (Lipinski definition) is 2. The van der Waals surface area contributed by atoms with Crippen molar-refractivity contribution in [2.45, 2.75) is 58.0 Å². The predicted octanol–water partition coefficient (Wildman–Crippen LogP) is 1.26. The largest absolute Gasteiger partial charge is 0.345 e. The second kappa shape index (κ2) is 7.30. The Morgan fingerprint density at radius 2 is 2.38 bits per heavy atom. The lowest BCUT2D eigenvalue weighted by molar-refractivity contribution is -0.160. The first-order valence-electron chi connectivity index (χ1n) is 6.93. The Morgan fingerprint density at radius 1 is 1.57 bits per heavy atom. The van der Waals surface area contributed by atoms with E-state index in [2.05, 4.69) is 25.6 Å². The number of urea groups is 1. The molecular weight excluding hydrogens is 284 g/mol. The second-order valence-electron chi connectivity index (χ2n) is 4.88. The Labute approximate surface area is 121 Å². The van der Waals surface area contributed by atoms with E-state index in [1.54, 1.807) is 6.20 Å². The van der Waals surface area contributed by atoms with Crippen molar-refractivity contribution in [3.8, 4) is 0 Å². The van der Waals surface area contributed by atoms with Gasteiger partial charge in [-0.25, -0.2) is 4.79 Å². The number of nitrogens with zero attached hydrogens (tertiary/aromatic N) is 3. The van der Waals surface area contributed by atoms with Crippen molar-refractivity contribution in [3.05, 3.63) is 11.9 Å². The van der Waals surface area contributed by atoms with Crippen LogP contribution in [0.4, 0.5) is 13.6 Å². The van der Waals surface area contributed by atoms with Crippen molar-refractivity contribution in [1.29, 1.82) is 0 Å². The van der Waals surface area contributed by atoms with E-state index in [9.17, 15) is 13.6 Å². The van der Waals surface area contributed by atoms with Gasteiger partial charge in [-0.3, -0.25) is 0 Å². The molecule has 2 rings (SSSR count). The number of halogens is 2. The maximum atomic E-state index is 12.1. The molecular formula is C12H19F2N5O2. The third kappa shape index (κ3) is 4.92. The molecule has 0 aliphatic heterocycles. The molecule has 9 heteroatoms. The van der Waals surface area contributed by atoms with E-state index in [-0.39, 0.29) is 18.6 Å². The molecule has 0 bridgehead atoms. The van der Waals surface area contributed by atoms with Crippen LogP contribution >= 0.6 is 0 Å². The highest BCUT2D eigenvalue weighted by Crippen LogP contribution is 2.23. The minimum atomic E-state index is -2.76. The Morgan fingerprint density at radius 3 is 3.05 bits per heavy atom. The first-order chi connectivity index (χ1) is 10.1. The van der Waals surface area contributed by atoms with E-state index in [0.717, 1.165) is 0 Å². The number of amides is 2. The molecule has 1 fully saturated rings. The molecule has 2 unspecified atom stereocenters. The molecule has 1 aromatic rings. The zero-order chi connectivity index (χ0) is 15.2. The SMILES string of the molecule is CCn1ncc(CNC(=O)NC2CCC(OC(F)F)C2)n1. The van der Waals surface area contributed by atoms with Crippen molar-refractivity contribution in [2.75, 3.05) is 0 Å². The number of aryl methyl sites for hydroxylation is 1. The van der Waals surface area contributed by atoms with Crippen molar-refractivity contribution >= 4 is 6.03 Å². The summed E-state index contributed by atoms with van der Waals surface area (Å²) in [4.78, 5) is 13.2. The van der Waals surface area contributed by atoms with Crippen LogP contribution in [0.2, 0.25) is 0 Å². The Kier molecular flexibility index (Phi) is 5.43. The average molecular weight is 303 g/mol. The summed E-state index contributed by atoms with van der Waals surface area (Å²) < 4.78 is 28.6. The fourth-order valence-corrected chi connectivity index (χ4v) is 2.31. The molecule has 7 nitrogen and oxygen atoms in total. The predicted molar refractivity (Wildman–Crippen MR) is 69.6 cm³/mol. The number of rotatable bonds is 6. The van der Waals surface area contributed by atoms with Gasteiger partial charge in [0.15, 0.2) is 0 Å². The number of hydrogen-bond acceptors (Lipinski definition) is 4. The molecule has 0 spiro atoms. The molecule has 0 aromatic carbocycles. The van der Waals surface area contributed by atoms with Crippen LogP contribution in [0.1, 0.15) is 31.9 Å². The van der Waals surface area contributed by atoms with Gasteiger partial charge in [0.05, 0.1) is 25.4 Å². The van der Waals surface area contributed by atoms with Gasteiger partial charge >= 0.3 is 12.6 Å². The van der Waals surface area contributed by atoms with Crippen LogP contribution < -0.4 is 10.6 Å². The normalized spacial score (nSPS) is 21.7. The average Bonchev–Trinajstić information content (AvgIpc) is 3.05. The van der Waals surface area contributed by atoms with Crippen LogP contribution in [0.25, 0.3) is 0 Å². The molecule has 1 aliphatic carbocycles. The summed E-state index contributed by atoms with van der Waals surface area (Å²) in [5, 5.41) is 13.5. The summed E-state index contributed by atoms with van der Waals surface area (Å²) in [7, 11) is 0. The Bertz CT molecular complexity index is 468. The summed E-state index contributed by atoms with van der Waals surface area (Å²) in [6, 6.07) is -0.483. The van der Waals surface area contributed by atoms with E-state index < -0.39 is 12.7 Å². The van der Waals surface area contributed by atoms with Gasteiger partial charge in [-0.1, -0.05) is 0 Å². The number of nitrogens with one attached hydrogen (secondary N) is 2. The quantitative estimate of drug-likeness (QED) is 0.829. The molecule has 2 atom stereocenters. The maximum absolute atomic E-state index is 12.1. The minimum Gasteiger partial charge on any atom is -0.335 e. The lowest BCUT2D eigenvalue weighted by Crippen LogP contribution is -2.41. The molecule has 2 amide bonds. The number of carbonyl (C=O) groups excluding carboxylic acids is 1. The van der Waals surface area contributed by atoms with E-state index >= 15 is 0 Å². The fraction of sp³-hybridized carbons (Fsp3) is 0.750. The summed E-state index contributed by atoms with van der Waals surface area (Å²) in [6.07, 6.45) is 2.67. The molecule has 118 valence electrons. The number of alkyl halides is 2. The van der Waals surface area contributed by atoms with Gasteiger partial charge in [-0.2, -0.15) is 23.8 Å². The van der Waals surface area contributed by atoms with Crippen molar-refractivity contribution in [3.63, 3.8) is 0 Å². The molecule has 2 N–H and O–H groups in total. The first kappa shape index (κ1) is 15.6. The van der Waals surface area contributed by atoms with Crippen LogP contribution in [0.5, 0.6) is 0 Å². The van der Waals surface area contributed by atoms with Gasteiger partial charge in [-0.15, -0.1) is 0 Å². The highest BCUT2D eigenvalue weighted by Gasteiger charge is 2.28. The summed E-state index contributed by atoms with van der Waals surface area (Å²) >= 11 is 0. The highest BCUT2D eigenvalue weighted by molar-refractivity contribution is 5.74. The fourth-order valence-electron chi connectivity index (χ4n) is 2.31. The second-order valence-corrected chi connectivity index (χ2v) is 4.88. The minimum absolute atomic E-state index is 0.139. The molecule has 1 aliphatic rings. The van der Waals surface area contributed by atoms with E-state index in [1.807, 2.05) is 6.92 Å². The monoisotopic (exact) mass is 303 g/mol. The topological polar surface area (TPSA) is 81.1 Å². The van der Waals surface area contributed by atoms with Gasteiger partial charge in [0.2, 0.25) is 0 Å². The smallest absolute Gasteiger partial charge is 0.335 e. The summed E-state index contributed by atoms with van der Waals surface area (Å²) in [5.41, 5.74) is 0.664. The molecule has 1 aromatic heterocycles. The van der Waals surface area contributed by atoms with E-state index in [0.29, 0.717) is 31.5 Å². The lowest BCUT2D eigenvalue weighted by atomic mass is 10.2. The molecule has 1 saturated carbocycles. The van der Waals surface area contributed by atoms with Crippen LogP contribution in [-0.2, 0) is 17.8 Å². The van der Waals surface area contributed by atoms with Crippen LogP contribution in [0, 0.1) is 0 Å². The van der Waals surface area contributed by atoms with Gasteiger partial charge in [-0.05, 0) is 26.2 Å².